The number of rotatable bonds is 7. The molecule has 10 heteroatoms. The second kappa shape index (κ2) is 7.53. The molecule has 1 saturated carbocycles. The summed E-state index contributed by atoms with van der Waals surface area (Å²) in [4.78, 5) is 12.6. The molecule has 0 atom stereocenters. The average molecular weight is 410 g/mol. The van der Waals surface area contributed by atoms with Crippen molar-refractivity contribution in [2.45, 2.75) is 50.2 Å². The number of hydrogen-bond donors (Lipinski definition) is 2. The molecule has 1 aliphatic carbocycles. The van der Waals surface area contributed by atoms with E-state index in [1.54, 1.807) is 26.0 Å². The zero-order valence-corrected chi connectivity index (χ0v) is 17.1. The summed E-state index contributed by atoms with van der Waals surface area (Å²) in [6.45, 7) is 3.80. The van der Waals surface area contributed by atoms with Crippen molar-refractivity contribution >= 4 is 28.1 Å². The Morgan fingerprint density at radius 2 is 2.15 bits per heavy atom. The van der Waals surface area contributed by atoms with Crippen molar-refractivity contribution in [1.82, 2.24) is 24.4 Å². The highest BCUT2D eigenvalue weighted by molar-refractivity contribution is 7.89. The first kappa shape index (κ1) is 19.7. The lowest BCUT2D eigenvalue weighted by Gasteiger charge is -2.21. The summed E-state index contributed by atoms with van der Waals surface area (Å²) in [6, 6.07) is 6.20. The molecule has 0 radical (unpaired) electrons. The van der Waals surface area contributed by atoms with Crippen LogP contribution >= 0.6 is 12.2 Å². The highest BCUT2D eigenvalue weighted by Crippen LogP contribution is 2.35. The number of carbonyl (C=O) groups is 1. The van der Waals surface area contributed by atoms with Gasteiger partial charge in [0.1, 0.15) is 0 Å². The van der Waals surface area contributed by atoms with Crippen molar-refractivity contribution in [2.24, 2.45) is 0 Å². The molecule has 0 saturated heterocycles. The van der Waals surface area contributed by atoms with Crippen molar-refractivity contribution in [1.29, 1.82) is 0 Å². The van der Waals surface area contributed by atoms with E-state index in [0.29, 0.717) is 16.6 Å². The Hall–Kier alpha value is -2.04. The van der Waals surface area contributed by atoms with Crippen molar-refractivity contribution in [3.8, 4) is 0 Å². The molecule has 1 fully saturated rings. The molecule has 0 spiro atoms. The predicted molar refractivity (Wildman–Crippen MR) is 103 cm³/mol. The fourth-order valence-electron chi connectivity index (χ4n) is 2.67. The summed E-state index contributed by atoms with van der Waals surface area (Å²) >= 11 is 5.23. The highest BCUT2D eigenvalue weighted by atomic mass is 32.2. The number of H-pyrrole nitrogens is 1. The highest BCUT2D eigenvalue weighted by Gasteiger charge is 2.27. The van der Waals surface area contributed by atoms with Gasteiger partial charge in [-0.3, -0.25) is 14.5 Å². The number of benzene rings is 1. The molecule has 8 nitrogen and oxygen atoms in total. The van der Waals surface area contributed by atoms with E-state index in [9.17, 15) is 13.2 Å². The van der Waals surface area contributed by atoms with E-state index in [2.05, 4.69) is 15.5 Å². The van der Waals surface area contributed by atoms with Crippen LogP contribution in [-0.4, -0.2) is 46.5 Å². The van der Waals surface area contributed by atoms with Gasteiger partial charge >= 0.3 is 0 Å². The van der Waals surface area contributed by atoms with Crippen molar-refractivity contribution in [3.63, 3.8) is 0 Å². The quantitative estimate of drug-likeness (QED) is 0.683. The van der Waals surface area contributed by atoms with Crippen LogP contribution in [0.5, 0.6) is 0 Å². The maximum atomic E-state index is 12.6. The van der Waals surface area contributed by atoms with Crippen LogP contribution in [-0.2, 0) is 16.6 Å². The molecule has 1 heterocycles. The first-order chi connectivity index (χ1) is 12.7. The van der Waals surface area contributed by atoms with E-state index in [4.69, 9.17) is 12.2 Å². The minimum atomic E-state index is -3.65. The van der Waals surface area contributed by atoms with E-state index in [1.165, 1.54) is 23.5 Å². The summed E-state index contributed by atoms with van der Waals surface area (Å²) in [6.07, 6.45) is 2.11. The molecule has 3 rings (SSSR count). The summed E-state index contributed by atoms with van der Waals surface area (Å²) < 4.78 is 29.0. The lowest BCUT2D eigenvalue weighted by atomic mass is 10.2. The van der Waals surface area contributed by atoms with Crippen LogP contribution < -0.4 is 5.32 Å². The smallest absolute Gasteiger partial charge is 0.251 e. The number of nitrogens with one attached hydrogen (secondary N) is 2. The van der Waals surface area contributed by atoms with Gasteiger partial charge in [-0.1, -0.05) is 6.07 Å². The molecule has 2 N–H and O–H groups in total. The number of hydrogen-bond acceptors (Lipinski definition) is 5. The van der Waals surface area contributed by atoms with Gasteiger partial charge in [0.15, 0.2) is 10.6 Å². The third-order valence-corrected chi connectivity index (χ3v) is 6.91. The molecule has 0 bridgehead atoms. The lowest BCUT2D eigenvalue weighted by Crippen LogP contribution is -2.33. The topological polar surface area (TPSA) is 100 Å². The van der Waals surface area contributed by atoms with E-state index in [-0.39, 0.29) is 29.0 Å². The van der Waals surface area contributed by atoms with Gasteiger partial charge in [0, 0.05) is 24.7 Å². The second-order valence-corrected chi connectivity index (χ2v) is 9.26. The summed E-state index contributed by atoms with van der Waals surface area (Å²) in [5, 5.41) is 9.71. The molecule has 27 heavy (non-hydrogen) atoms. The molecule has 1 aromatic carbocycles. The zero-order valence-electron chi connectivity index (χ0n) is 15.5. The van der Waals surface area contributed by atoms with Crippen molar-refractivity contribution < 1.29 is 13.2 Å². The van der Waals surface area contributed by atoms with Crippen molar-refractivity contribution in [3.05, 3.63) is 40.4 Å². The van der Waals surface area contributed by atoms with E-state index in [1.807, 2.05) is 4.57 Å². The minimum Gasteiger partial charge on any atom is -0.345 e. The zero-order chi connectivity index (χ0) is 19.8. The Morgan fingerprint density at radius 3 is 2.78 bits per heavy atom. The van der Waals surface area contributed by atoms with E-state index in [0.717, 1.165) is 12.8 Å². The standard InChI is InChI=1S/C17H23N5O3S2/c1-11(2)21(3)27(24,25)14-6-4-5-12(9-14)16(23)18-10-15-19-20-17(26)22(15)13-7-8-13/h4-6,9,11,13H,7-8,10H2,1-3H3,(H,18,23)(H,20,26). The van der Waals surface area contributed by atoms with Crippen LogP contribution in [0.3, 0.4) is 0 Å². The summed E-state index contributed by atoms with van der Waals surface area (Å²) in [7, 11) is -2.13. The number of nitrogens with zero attached hydrogens (tertiary/aromatic N) is 3. The van der Waals surface area contributed by atoms with Gasteiger partial charge in [-0.25, -0.2) is 8.42 Å². The maximum absolute atomic E-state index is 12.6. The second-order valence-electron chi connectivity index (χ2n) is 6.87. The molecule has 2 aromatic rings. The molecular weight excluding hydrogens is 386 g/mol. The van der Waals surface area contributed by atoms with Crippen LogP contribution in [0.25, 0.3) is 0 Å². The van der Waals surface area contributed by atoms with Gasteiger partial charge in [-0.2, -0.15) is 9.40 Å². The first-order valence-electron chi connectivity index (χ1n) is 8.74. The average Bonchev–Trinajstić information content (AvgIpc) is 3.41. The first-order valence-corrected chi connectivity index (χ1v) is 10.6. The fraction of sp³-hybridized carbons (Fsp3) is 0.471. The van der Waals surface area contributed by atoms with E-state index >= 15 is 0 Å². The van der Waals surface area contributed by atoms with Gasteiger partial charge < -0.3 is 5.32 Å². The third kappa shape index (κ3) is 4.12. The van der Waals surface area contributed by atoms with Crippen LogP contribution in [0, 0.1) is 4.77 Å². The molecule has 1 aromatic heterocycles. The van der Waals surface area contributed by atoms with Crippen LogP contribution in [0.2, 0.25) is 0 Å². The number of aromatic amines is 1. The summed E-state index contributed by atoms with van der Waals surface area (Å²) in [5.41, 5.74) is 0.278. The Morgan fingerprint density at radius 1 is 1.44 bits per heavy atom. The SMILES string of the molecule is CC(C)N(C)S(=O)(=O)c1cccc(C(=O)NCc2n[nH]c(=S)n2C2CC2)c1. The largest absolute Gasteiger partial charge is 0.345 e. The molecule has 146 valence electrons. The van der Waals surface area contributed by atoms with Gasteiger partial charge in [0.05, 0.1) is 11.4 Å². The van der Waals surface area contributed by atoms with Gasteiger partial charge in [-0.15, -0.1) is 0 Å². The Kier molecular flexibility index (Phi) is 5.50. The molecular formula is C17H23N5O3S2. The van der Waals surface area contributed by atoms with Crippen LogP contribution in [0.15, 0.2) is 29.2 Å². The Bertz CT molecular complexity index is 1010. The third-order valence-electron chi connectivity index (χ3n) is 4.60. The maximum Gasteiger partial charge on any atom is 0.251 e. The Labute approximate surface area is 163 Å². The molecule has 1 amide bonds. The lowest BCUT2D eigenvalue weighted by molar-refractivity contribution is 0.0949. The van der Waals surface area contributed by atoms with E-state index < -0.39 is 10.0 Å². The van der Waals surface area contributed by atoms with Crippen molar-refractivity contribution in [2.75, 3.05) is 7.05 Å². The van der Waals surface area contributed by atoms with Gasteiger partial charge in [-0.05, 0) is 57.1 Å². The fourth-order valence-corrected chi connectivity index (χ4v) is 4.39. The molecule has 0 aliphatic heterocycles. The van der Waals surface area contributed by atoms with Gasteiger partial charge in [0.25, 0.3) is 5.91 Å². The number of carbonyl (C=O) groups excluding carboxylic acids is 1. The minimum absolute atomic E-state index is 0.0898. The molecule has 1 aliphatic rings. The molecule has 0 unspecified atom stereocenters. The predicted octanol–water partition coefficient (Wildman–Crippen LogP) is 2.23. The van der Waals surface area contributed by atoms with Crippen LogP contribution in [0.4, 0.5) is 0 Å². The number of aromatic nitrogens is 3. The van der Waals surface area contributed by atoms with Gasteiger partial charge in [0.2, 0.25) is 10.0 Å². The Balaban J connectivity index is 1.75. The normalized spacial score (nSPS) is 14.7. The number of sulfonamides is 1. The summed E-state index contributed by atoms with van der Waals surface area (Å²) in [5.74, 6) is 0.301. The number of amides is 1. The van der Waals surface area contributed by atoms with Crippen LogP contribution in [0.1, 0.15) is 48.9 Å². The monoisotopic (exact) mass is 409 g/mol.